The third kappa shape index (κ3) is 5.79. The summed E-state index contributed by atoms with van der Waals surface area (Å²) in [7, 11) is 0. The molecule has 2 aromatic rings. The molecular formula is C16H16Cl2N2OS. The van der Waals surface area contributed by atoms with Gasteiger partial charge in [0, 0.05) is 10.8 Å². The van der Waals surface area contributed by atoms with Crippen molar-refractivity contribution in [3.05, 3.63) is 64.1 Å². The number of aliphatic imine (C=N–C) groups is 1. The van der Waals surface area contributed by atoms with Gasteiger partial charge in [0.25, 0.3) is 0 Å². The summed E-state index contributed by atoms with van der Waals surface area (Å²) in [6.45, 7) is 1.08. The van der Waals surface area contributed by atoms with Crippen molar-refractivity contribution in [1.82, 2.24) is 0 Å². The second-order valence-electron chi connectivity index (χ2n) is 4.41. The van der Waals surface area contributed by atoms with Gasteiger partial charge in [-0.3, -0.25) is 4.99 Å². The lowest BCUT2D eigenvalue weighted by Crippen LogP contribution is -2.11. The molecule has 2 N–H and O–H groups in total. The topological polar surface area (TPSA) is 47.6 Å². The van der Waals surface area contributed by atoms with Gasteiger partial charge >= 0.3 is 0 Å². The van der Waals surface area contributed by atoms with Crippen molar-refractivity contribution < 1.29 is 4.74 Å². The summed E-state index contributed by atoms with van der Waals surface area (Å²) >= 11 is 13.3. The Hall–Kier alpha value is -1.36. The highest BCUT2D eigenvalue weighted by molar-refractivity contribution is 8.13. The summed E-state index contributed by atoms with van der Waals surface area (Å²) in [6, 6.07) is 15.1. The van der Waals surface area contributed by atoms with E-state index >= 15 is 0 Å². The van der Waals surface area contributed by atoms with Crippen molar-refractivity contribution in [3.63, 3.8) is 0 Å². The van der Waals surface area contributed by atoms with E-state index in [4.69, 9.17) is 33.7 Å². The van der Waals surface area contributed by atoms with E-state index in [-0.39, 0.29) is 0 Å². The average Bonchev–Trinajstić information content (AvgIpc) is 2.52. The predicted octanol–water partition coefficient (Wildman–Crippen LogP) is 4.62. The number of hydrogen-bond donors (Lipinski definition) is 1. The fourth-order valence-electron chi connectivity index (χ4n) is 1.69. The SMILES string of the molecule is NC(=NCc1ccccc1)SCCOc1ccc(Cl)cc1Cl. The van der Waals surface area contributed by atoms with E-state index in [0.29, 0.717) is 39.9 Å². The van der Waals surface area contributed by atoms with Crippen molar-refractivity contribution >= 4 is 40.1 Å². The van der Waals surface area contributed by atoms with Crippen LogP contribution in [0.2, 0.25) is 10.0 Å². The monoisotopic (exact) mass is 354 g/mol. The van der Waals surface area contributed by atoms with Crippen LogP contribution in [0.15, 0.2) is 53.5 Å². The molecular weight excluding hydrogens is 339 g/mol. The number of thioether (sulfide) groups is 1. The van der Waals surface area contributed by atoms with Crippen molar-refractivity contribution in [1.29, 1.82) is 0 Å². The Morgan fingerprint density at radius 1 is 1.14 bits per heavy atom. The van der Waals surface area contributed by atoms with Gasteiger partial charge in [0.15, 0.2) is 5.17 Å². The van der Waals surface area contributed by atoms with Crippen molar-refractivity contribution in [2.45, 2.75) is 6.54 Å². The summed E-state index contributed by atoms with van der Waals surface area (Å²) < 4.78 is 5.58. The third-order valence-corrected chi connectivity index (χ3v) is 4.07. The molecule has 0 saturated carbocycles. The molecule has 0 aromatic heterocycles. The lowest BCUT2D eigenvalue weighted by molar-refractivity contribution is 0.344. The minimum atomic E-state index is 0.494. The molecule has 3 nitrogen and oxygen atoms in total. The Morgan fingerprint density at radius 3 is 2.64 bits per heavy atom. The Kier molecular flexibility index (Phi) is 6.90. The largest absolute Gasteiger partial charge is 0.491 e. The zero-order valence-corrected chi connectivity index (χ0v) is 14.2. The number of ether oxygens (including phenoxy) is 1. The third-order valence-electron chi connectivity index (χ3n) is 2.75. The molecule has 22 heavy (non-hydrogen) atoms. The fraction of sp³-hybridized carbons (Fsp3) is 0.188. The summed E-state index contributed by atoms with van der Waals surface area (Å²) in [5, 5.41) is 1.64. The lowest BCUT2D eigenvalue weighted by atomic mass is 10.2. The average molecular weight is 355 g/mol. The standard InChI is InChI=1S/C16H16Cl2N2OS/c17-13-6-7-15(14(18)10-13)21-8-9-22-16(19)20-11-12-4-2-1-3-5-12/h1-7,10H,8-9,11H2,(H2,19,20). The van der Waals surface area contributed by atoms with Gasteiger partial charge in [-0.05, 0) is 23.8 Å². The summed E-state index contributed by atoms with van der Waals surface area (Å²) in [4.78, 5) is 4.33. The first kappa shape index (κ1) is 17.0. The van der Waals surface area contributed by atoms with Crippen molar-refractivity contribution in [2.75, 3.05) is 12.4 Å². The normalized spacial score (nSPS) is 11.5. The van der Waals surface area contributed by atoms with Crippen LogP contribution in [0.3, 0.4) is 0 Å². The summed E-state index contributed by atoms with van der Waals surface area (Å²) in [5.41, 5.74) is 7.00. The molecule has 0 saturated heterocycles. The molecule has 0 heterocycles. The molecule has 0 bridgehead atoms. The molecule has 0 radical (unpaired) electrons. The Morgan fingerprint density at radius 2 is 1.91 bits per heavy atom. The van der Waals surface area contributed by atoms with Crippen LogP contribution in [0.1, 0.15) is 5.56 Å². The molecule has 0 aliphatic heterocycles. The molecule has 0 aliphatic rings. The van der Waals surface area contributed by atoms with Crippen molar-refractivity contribution in [3.8, 4) is 5.75 Å². The number of amidine groups is 1. The van der Waals surface area contributed by atoms with E-state index in [9.17, 15) is 0 Å². The molecule has 116 valence electrons. The number of benzene rings is 2. The molecule has 0 amide bonds. The second kappa shape index (κ2) is 8.93. The maximum absolute atomic E-state index is 6.02. The maximum Gasteiger partial charge on any atom is 0.154 e. The summed E-state index contributed by atoms with van der Waals surface area (Å²) in [6.07, 6.45) is 0. The van der Waals surface area contributed by atoms with Crippen molar-refractivity contribution in [2.24, 2.45) is 10.7 Å². The second-order valence-corrected chi connectivity index (χ2v) is 6.37. The van der Waals surface area contributed by atoms with Gasteiger partial charge < -0.3 is 10.5 Å². The number of nitrogens with two attached hydrogens (primary N) is 1. The van der Waals surface area contributed by atoms with Gasteiger partial charge in [-0.2, -0.15) is 0 Å². The highest BCUT2D eigenvalue weighted by Crippen LogP contribution is 2.27. The predicted molar refractivity (Wildman–Crippen MR) is 96.2 cm³/mol. The maximum atomic E-state index is 6.02. The number of hydrogen-bond acceptors (Lipinski definition) is 3. The minimum Gasteiger partial charge on any atom is -0.491 e. The smallest absolute Gasteiger partial charge is 0.154 e. The van der Waals surface area contributed by atoms with Crippen LogP contribution in [0, 0.1) is 0 Å². The molecule has 2 aromatic carbocycles. The van der Waals surface area contributed by atoms with E-state index in [1.807, 2.05) is 30.3 Å². The molecule has 6 heteroatoms. The Labute approximate surface area is 144 Å². The van der Waals surface area contributed by atoms with Gasteiger partial charge in [0.05, 0.1) is 18.2 Å². The van der Waals surface area contributed by atoms with Gasteiger partial charge in [-0.25, -0.2) is 0 Å². The minimum absolute atomic E-state index is 0.494. The summed E-state index contributed by atoms with van der Waals surface area (Å²) in [5.74, 6) is 1.31. The molecule has 2 rings (SSSR count). The Balaban J connectivity index is 1.71. The highest BCUT2D eigenvalue weighted by Gasteiger charge is 2.02. The van der Waals surface area contributed by atoms with Gasteiger partial charge in [0.1, 0.15) is 5.75 Å². The van der Waals surface area contributed by atoms with Gasteiger partial charge in [-0.1, -0.05) is 65.3 Å². The number of halogens is 2. The lowest BCUT2D eigenvalue weighted by Gasteiger charge is -2.07. The van der Waals surface area contributed by atoms with Crippen LogP contribution in [0.4, 0.5) is 0 Å². The van der Waals surface area contributed by atoms with E-state index in [1.54, 1.807) is 18.2 Å². The number of nitrogens with zero attached hydrogens (tertiary/aromatic N) is 1. The van der Waals surface area contributed by atoms with Crippen LogP contribution in [-0.4, -0.2) is 17.5 Å². The fourth-order valence-corrected chi connectivity index (χ4v) is 2.68. The van der Waals surface area contributed by atoms with Crippen LogP contribution < -0.4 is 10.5 Å². The zero-order valence-electron chi connectivity index (χ0n) is 11.8. The molecule has 0 spiro atoms. The van der Waals surface area contributed by atoms with Crippen LogP contribution in [0.25, 0.3) is 0 Å². The van der Waals surface area contributed by atoms with E-state index in [2.05, 4.69) is 4.99 Å². The van der Waals surface area contributed by atoms with E-state index in [0.717, 1.165) is 5.56 Å². The van der Waals surface area contributed by atoms with Crippen LogP contribution >= 0.6 is 35.0 Å². The quantitative estimate of drug-likeness (QED) is 0.467. The Bertz CT molecular complexity index is 635. The molecule has 0 aliphatic carbocycles. The molecule has 0 atom stereocenters. The van der Waals surface area contributed by atoms with E-state index < -0.39 is 0 Å². The number of rotatable bonds is 6. The molecule has 0 unspecified atom stereocenters. The van der Waals surface area contributed by atoms with Crippen LogP contribution in [0.5, 0.6) is 5.75 Å². The highest BCUT2D eigenvalue weighted by atomic mass is 35.5. The first-order valence-electron chi connectivity index (χ1n) is 6.69. The molecule has 0 fully saturated rings. The zero-order chi connectivity index (χ0) is 15.8. The van der Waals surface area contributed by atoms with Gasteiger partial charge in [-0.15, -0.1) is 0 Å². The van der Waals surface area contributed by atoms with E-state index in [1.165, 1.54) is 11.8 Å². The first-order chi connectivity index (χ1) is 10.6. The van der Waals surface area contributed by atoms with Gasteiger partial charge in [0.2, 0.25) is 0 Å². The first-order valence-corrected chi connectivity index (χ1v) is 8.44. The van der Waals surface area contributed by atoms with Crippen LogP contribution in [-0.2, 0) is 6.54 Å².